The summed E-state index contributed by atoms with van der Waals surface area (Å²) in [6.45, 7) is 7.80. The molecule has 0 amide bonds. The van der Waals surface area contributed by atoms with E-state index >= 15 is 0 Å². The molecule has 1 aliphatic carbocycles. The lowest BCUT2D eigenvalue weighted by atomic mass is 9.64. The second kappa shape index (κ2) is 3.74. The lowest BCUT2D eigenvalue weighted by Gasteiger charge is -2.41. The maximum atomic E-state index is 4.21. The highest BCUT2D eigenvalue weighted by atomic mass is 15.2. The molecule has 0 N–H and O–H groups in total. The summed E-state index contributed by atoms with van der Waals surface area (Å²) in [5.41, 5.74) is 3.45. The molecular formula is C15H19N. The van der Waals surface area contributed by atoms with Gasteiger partial charge in [0.05, 0.1) is 0 Å². The van der Waals surface area contributed by atoms with Gasteiger partial charge in [0, 0.05) is 18.5 Å². The van der Waals surface area contributed by atoms with E-state index in [2.05, 4.69) is 41.8 Å². The van der Waals surface area contributed by atoms with Crippen LogP contribution in [0.3, 0.4) is 0 Å². The summed E-state index contributed by atoms with van der Waals surface area (Å²) in [5.74, 6) is 0. The number of benzene rings is 1. The predicted molar refractivity (Wildman–Crippen MR) is 67.1 cm³/mol. The molecular weight excluding hydrogens is 194 g/mol. The van der Waals surface area contributed by atoms with Gasteiger partial charge >= 0.3 is 0 Å². The van der Waals surface area contributed by atoms with Crippen molar-refractivity contribution in [2.75, 3.05) is 13.1 Å². The Morgan fingerprint density at radius 2 is 2.00 bits per heavy atom. The first kappa shape index (κ1) is 10.1. The number of nitrogens with zero attached hydrogens (tertiary/aromatic N) is 1. The highest BCUT2D eigenvalue weighted by Gasteiger charge is 2.45. The van der Waals surface area contributed by atoms with Gasteiger partial charge in [0.2, 0.25) is 0 Å². The van der Waals surface area contributed by atoms with Crippen LogP contribution in [0.4, 0.5) is 0 Å². The Kier molecular flexibility index (Phi) is 2.36. The molecule has 0 radical (unpaired) electrons. The molecule has 1 aliphatic heterocycles. The van der Waals surface area contributed by atoms with Crippen LogP contribution < -0.4 is 0 Å². The molecule has 1 heterocycles. The van der Waals surface area contributed by atoms with Crippen molar-refractivity contribution in [3.8, 4) is 0 Å². The molecule has 0 aromatic heterocycles. The van der Waals surface area contributed by atoms with Crippen LogP contribution in [0, 0.1) is 5.41 Å². The molecule has 84 valence electrons. The van der Waals surface area contributed by atoms with E-state index in [0.29, 0.717) is 5.41 Å². The maximum Gasteiger partial charge on any atom is 0.0234 e. The molecule has 16 heavy (non-hydrogen) atoms. The quantitative estimate of drug-likeness (QED) is 0.682. The molecule has 2 fully saturated rings. The van der Waals surface area contributed by atoms with Crippen molar-refractivity contribution in [3.05, 3.63) is 48.0 Å². The van der Waals surface area contributed by atoms with E-state index in [1.807, 2.05) is 0 Å². The van der Waals surface area contributed by atoms with Gasteiger partial charge in [-0.2, -0.15) is 0 Å². The Morgan fingerprint density at radius 3 is 2.56 bits per heavy atom. The normalized spacial score (nSPS) is 29.6. The molecule has 3 rings (SSSR count). The van der Waals surface area contributed by atoms with E-state index in [4.69, 9.17) is 0 Å². The van der Waals surface area contributed by atoms with Gasteiger partial charge in [0.15, 0.2) is 0 Å². The smallest absolute Gasteiger partial charge is 0.0234 e. The van der Waals surface area contributed by atoms with Gasteiger partial charge < -0.3 is 0 Å². The minimum Gasteiger partial charge on any atom is -0.298 e. The first-order chi connectivity index (χ1) is 7.78. The summed E-state index contributed by atoms with van der Waals surface area (Å²) in [7, 11) is 0. The number of hydrogen-bond donors (Lipinski definition) is 0. The Labute approximate surface area is 97.8 Å². The average molecular weight is 213 g/mol. The zero-order valence-corrected chi connectivity index (χ0v) is 9.78. The summed E-state index contributed by atoms with van der Waals surface area (Å²) in [4.78, 5) is 2.58. The van der Waals surface area contributed by atoms with E-state index in [1.54, 1.807) is 0 Å². The van der Waals surface area contributed by atoms with Crippen LogP contribution in [0.15, 0.2) is 42.5 Å². The highest BCUT2D eigenvalue weighted by Crippen LogP contribution is 2.51. The predicted octanol–water partition coefficient (Wildman–Crippen LogP) is 3.23. The second-order valence-electron chi connectivity index (χ2n) is 5.33. The minimum absolute atomic E-state index is 0.509. The zero-order valence-electron chi connectivity index (χ0n) is 9.78. The molecule has 1 atom stereocenters. The summed E-state index contributed by atoms with van der Waals surface area (Å²) >= 11 is 0. The topological polar surface area (TPSA) is 3.24 Å². The summed E-state index contributed by atoms with van der Waals surface area (Å²) in [6.07, 6.45) is 3.97. The lowest BCUT2D eigenvalue weighted by Crippen LogP contribution is -2.35. The molecule has 1 saturated heterocycles. The van der Waals surface area contributed by atoms with Crippen LogP contribution in [-0.4, -0.2) is 18.0 Å². The van der Waals surface area contributed by atoms with Crippen LogP contribution in [0.25, 0.3) is 0 Å². The van der Waals surface area contributed by atoms with Gasteiger partial charge in [-0.3, -0.25) is 4.90 Å². The van der Waals surface area contributed by atoms with Crippen LogP contribution in [0.5, 0.6) is 0 Å². The molecule has 2 aliphatic rings. The lowest BCUT2D eigenvalue weighted by molar-refractivity contribution is 0.222. The Morgan fingerprint density at radius 1 is 1.19 bits per heavy atom. The van der Waals surface area contributed by atoms with Crippen LogP contribution in [-0.2, 0) is 6.54 Å². The summed E-state index contributed by atoms with van der Waals surface area (Å²) in [5, 5.41) is 0. The standard InChI is InChI=1S/C15H19N/c1-13-7-8-15(13)9-10-16(12-15)11-14-5-3-2-4-6-14/h2-6H,1,7-12H2/t15-/m1/s1. The van der Waals surface area contributed by atoms with Crippen molar-refractivity contribution in [1.29, 1.82) is 0 Å². The van der Waals surface area contributed by atoms with Crippen molar-refractivity contribution < 1.29 is 0 Å². The Balaban J connectivity index is 1.65. The Bertz CT molecular complexity index is 395. The largest absolute Gasteiger partial charge is 0.298 e. The number of hydrogen-bond acceptors (Lipinski definition) is 1. The zero-order chi connectivity index (χ0) is 11.0. The van der Waals surface area contributed by atoms with Crippen molar-refractivity contribution >= 4 is 0 Å². The number of rotatable bonds is 2. The van der Waals surface area contributed by atoms with E-state index in [9.17, 15) is 0 Å². The number of likely N-dealkylation sites (tertiary alicyclic amines) is 1. The molecule has 1 heteroatoms. The molecule has 0 unspecified atom stereocenters. The average Bonchev–Trinajstić information content (AvgIpc) is 2.75. The third kappa shape index (κ3) is 1.60. The molecule has 1 aromatic rings. The maximum absolute atomic E-state index is 4.21. The van der Waals surface area contributed by atoms with Gasteiger partial charge in [-0.25, -0.2) is 0 Å². The molecule has 1 aromatic carbocycles. The fourth-order valence-electron chi connectivity index (χ4n) is 3.08. The first-order valence-corrected chi connectivity index (χ1v) is 6.23. The van der Waals surface area contributed by atoms with Gasteiger partial charge in [0.1, 0.15) is 0 Å². The van der Waals surface area contributed by atoms with Gasteiger partial charge in [0.25, 0.3) is 0 Å². The van der Waals surface area contributed by atoms with Crippen molar-refractivity contribution in [3.63, 3.8) is 0 Å². The fraction of sp³-hybridized carbons (Fsp3) is 0.467. The van der Waals surface area contributed by atoms with Crippen molar-refractivity contribution in [2.45, 2.75) is 25.8 Å². The molecule has 1 saturated carbocycles. The summed E-state index contributed by atoms with van der Waals surface area (Å²) < 4.78 is 0. The third-order valence-corrected chi connectivity index (χ3v) is 4.34. The Hall–Kier alpha value is -1.08. The van der Waals surface area contributed by atoms with Crippen LogP contribution >= 0.6 is 0 Å². The van der Waals surface area contributed by atoms with Crippen molar-refractivity contribution in [1.82, 2.24) is 4.90 Å². The van der Waals surface area contributed by atoms with Gasteiger partial charge in [-0.05, 0) is 31.4 Å². The summed E-state index contributed by atoms with van der Waals surface area (Å²) in [6, 6.07) is 10.8. The second-order valence-corrected chi connectivity index (χ2v) is 5.33. The van der Waals surface area contributed by atoms with E-state index in [-0.39, 0.29) is 0 Å². The van der Waals surface area contributed by atoms with Gasteiger partial charge in [-0.1, -0.05) is 42.5 Å². The minimum atomic E-state index is 0.509. The van der Waals surface area contributed by atoms with E-state index in [0.717, 1.165) is 6.54 Å². The van der Waals surface area contributed by atoms with Crippen LogP contribution in [0.2, 0.25) is 0 Å². The molecule has 1 nitrogen and oxygen atoms in total. The monoisotopic (exact) mass is 213 g/mol. The fourth-order valence-corrected chi connectivity index (χ4v) is 3.08. The van der Waals surface area contributed by atoms with E-state index in [1.165, 1.54) is 43.5 Å². The third-order valence-electron chi connectivity index (χ3n) is 4.34. The van der Waals surface area contributed by atoms with Gasteiger partial charge in [-0.15, -0.1) is 0 Å². The first-order valence-electron chi connectivity index (χ1n) is 6.23. The van der Waals surface area contributed by atoms with Crippen molar-refractivity contribution in [2.24, 2.45) is 5.41 Å². The van der Waals surface area contributed by atoms with E-state index < -0.39 is 0 Å². The molecule has 0 bridgehead atoms. The highest BCUT2D eigenvalue weighted by molar-refractivity contribution is 5.23. The SMILES string of the molecule is C=C1CC[C@]12CCN(Cc1ccccc1)C2. The molecule has 1 spiro atoms. The van der Waals surface area contributed by atoms with Crippen LogP contribution in [0.1, 0.15) is 24.8 Å².